The SMILES string of the molecule is Cc1nc2c([nH]1)C[C@@H](N)CC2. The molecular weight excluding hydrogens is 138 g/mol. The summed E-state index contributed by atoms with van der Waals surface area (Å²) in [4.78, 5) is 7.61. The van der Waals surface area contributed by atoms with Crippen LogP contribution in [0, 0.1) is 6.92 Å². The van der Waals surface area contributed by atoms with E-state index in [-0.39, 0.29) is 0 Å². The van der Waals surface area contributed by atoms with E-state index in [9.17, 15) is 0 Å². The molecule has 0 saturated carbocycles. The number of imidazole rings is 1. The highest BCUT2D eigenvalue weighted by atomic mass is 14.9. The fourth-order valence-corrected chi connectivity index (χ4v) is 1.65. The first-order valence-electron chi connectivity index (χ1n) is 4.05. The highest BCUT2D eigenvalue weighted by Crippen LogP contribution is 2.17. The van der Waals surface area contributed by atoms with Gasteiger partial charge in [0.1, 0.15) is 5.82 Å². The van der Waals surface area contributed by atoms with E-state index in [1.54, 1.807) is 0 Å². The second-order valence-electron chi connectivity index (χ2n) is 3.25. The van der Waals surface area contributed by atoms with Gasteiger partial charge in [-0.1, -0.05) is 0 Å². The Hall–Kier alpha value is -0.830. The molecule has 0 aromatic carbocycles. The Morgan fingerprint density at radius 1 is 1.64 bits per heavy atom. The molecule has 0 saturated heterocycles. The van der Waals surface area contributed by atoms with Crippen molar-refractivity contribution < 1.29 is 0 Å². The molecule has 0 bridgehead atoms. The Bertz CT molecular complexity index is 264. The molecule has 3 nitrogen and oxygen atoms in total. The molecule has 0 spiro atoms. The van der Waals surface area contributed by atoms with Crippen molar-refractivity contribution in [3.63, 3.8) is 0 Å². The topological polar surface area (TPSA) is 54.7 Å². The quantitative estimate of drug-likeness (QED) is 0.568. The number of hydrogen-bond acceptors (Lipinski definition) is 2. The fraction of sp³-hybridized carbons (Fsp3) is 0.625. The molecule has 1 aliphatic rings. The van der Waals surface area contributed by atoms with Crippen molar-refractivity contribution in [2.75, 3.05) is 0 Å². The van der Waals surface area contributed by atoms with Crippen LogP contribution in [0.3, 0.4) is 0 Å². The predicted molar refractivity (Wildman–Crippen MR) is 43.3 cm³/mol. The molecule has 1 heterocycles. The van der Waals surface area contributed by atoms with Crippen LogP contribution in [0.4, 0.5) is 0 Å². The largest absolute Gasteiger partial charge is 0.346 e. The molecule has 2 rings (SSSR count). The summed E-state index contributed by atoms with van der Waals surface area (Å²) in [5, 5.41) is 0. The molecule has 0 aliphatic heterocycles. The molecule has 0 radical (unpaired) electrons. The number of nitrogens with one attached hydrogen (secondary N) is 1. The minimum atomic E-state index is 0.336. The van der Waals surface area contributed by atoms with Crippen molar-refractivity contribution >= 4 is 0 Å². The molecule has 60 valence electrons. The van der Waals surface area contributed by atoms with Crippen LogP contribution in [0.25, 0.3) is 0 Å². The highest BCUT2D eigenvalue weighted by molar-refractivity contribution is 5.18. The number of fused-ring (bicyclic) bond motifs is 1. The fourth-order valence-electron chi connectivity index (χ4n) is 1.65. The van der Waals surface area contributed by atoms with E-state index in [0.717, 1.165) is 25.1 Å². The van der Waals surface area contributed by atoms with Crippen LogP contribution in [0.15, 0.2) is 0 Å². The highest BCUT2D eigenvalue weighted by Gasteiger charge is 2.17. The van der Waals surface area contributed by atoms with Gasteiger partial charge in [-0.15, -0.1) is 0 Å². The summed E-state index contributed by atoms with van der Waals surface area (Å²) in [5.74, 6) is 1.02. The third-order valence-electron chi connectivity index (χ3n) is 2.20. The van der Waals surface area contributed by atoms with E-state index in [2.05, 4.69) is 9.97 Å². The molecule has 0 fully saturated rings. The molecule has 11 heavy (non-hydrogen) atoms. The maximum absolute atomic E-state index is 5.81. The third-order valence-corrected chi connectivity index (χ3v) is 2.20. The molecular formula is C8H13N3. The molecule has 1 aromatic heterocycles. The van der Waals surface area contributed by atoms with E-state index in [4.69, 9.17) is 5.73 Å². The van der Waals surface area contributed by atoms with Crippen LogP contribution in [0.5, 0.6) is 0 Å². The standard InChI is InChI=1S/C8H13N3/c1-5-10-7-3-2-6(9)4-8(7)11-5/h6H,2-4,9H2,1H3,(H,10,11)/t6-/m0/s1. The van der Waals surface area contributed by atoms with E-state index in [0.29, 0.717) is 6.04 Å². The average molecular weight is 151 g/mol. The molecule has 3 heteroatoms. The minimum Gasteiger partial charge on any atom is -0.346 e. The lowest BCUT2D eigenvalue weighted by Gasteiger charge is -2.15. The molecule has 0 amide bonds. The van der Waals surface area contributed by atoms with E-state index < -0.39 is 0 Å². The summed E-state index contributed by atoms with van der Waals surface area (Å²) in [6, 6.07) is 0.336. The number of hydrogen-bond donors (Lipinski definition) is 2. The van der Waals surface area contributed by atoms with Gasteiger partial charge in [-0.05, 0) is 19.8 Å². The van der Waals surface area contributed by atoms with Gasteiger partial charge in [0, 0.05) is 18.2 Å². The van der Waals surface area contributed by atoms with Crippen molar-refractivity contribution in [3.05, 3.63) is 17.2 Å². The summed E-state index contributed by atoms with van der Waals surface area (Å²) in [7, 11) is 0. The number of nitrogens with zero attached hydrogens (tertiary/aromatic N) is 1. The minimum absolute atomic E-state index is 0.336. The van der Waals surface area contributed by atoms with Gasteiger partial charge in [-0.3, -0.25) is 0 Å². The first-order chi connectivity index (χ1) is 5.25. The summed E-state index contributed by atoms with van der Waals surface area (Å²) < 4.78 is 0. The maximum atomic E-state index is 5.81. The second kappa shape index (κ2) is 2.34. The van der Waals surface area contributed by atoms with Crippen LogP contribution in [-0.2, 0) is 12.8 Å². The maximum Gasteiger partial charge on any atom is 0.103 e. The normalized spacial score (nSPS) is 23.3. The van der Waals surface area contributed by atoms with Gasteiger partial charge in [0.2, 0.25) is 0 Å². The number of rotatable bonds is 0. The predicted octanol–water partition coefficient (Wildman–Crippen LogP) is 0.534. The zero-order chi connectivity index (χ0) is 7.84. The van der Waals surface area contributed by atoms with Crippen LogP contribution < -0.4 is 5.73 Å². The molecule has 1 atom stereocenters. The van der Waals surface area contributed by atoms with Crippen molar-refractivity contribution in [1.29, 1.82) is 0 Å². The first-order valence-corrected chi connectivity index (χ1v) is 4.05. The smallest absolute Gasteiger partial charge is 0.103 e. The van der Waals surface area contributed by atoms with Gasteiger partial charge < -0.3 is 10.7 Å². The van der Waals surface area contributed by atoms with Crippen molar-refractivity contribution in [2.24, 2.45) is 5.73 Å². The first kappa shape index (κ1) is 6.85. The van der Waals surface area contributed by atoms with Crippen molar-refractivity contribution in [3.8, 4) is 0 Å². The summed E-state index contributed by atoms with van der Waals surface area (Å²) >= 11 is 0. The summed E-state index contributed by atoms with van der Waals surface area (Å²) in [6.07, 6.45) is 3.09. The lowest BCUT2D eigenvalue weighted by atomic mass is 9.97. The number of aromatic amines is 1. The molecule has 0 unspecified atom stereocenters. The monoisotopic (exact) mass is 151 g/mol. The number of H-pyrrole nitrogens is 1. The Kier molecular flexibility index (Phi) is 1.46. The van der Waals surface area contributed by atoms with Gasteiger partial charge >= 0.3 is 0 Å². The summed E-state index contributed by atoms with van der Waals surface area (Å²) in [5.41, 5.74) is 8.29. The molecule has 1 aliphatic carbocycles. The Morgan fingerprint density at radius 3 is 3.27 bits per heavy atom. The van der Waals surface area contributed by atoms with Gasteiger partial charge in [0.25, 0.3) is 0 Å². The Labute approximate surface area is 66.0 Å². The average Bonchev–Trinajstić information content (AvgIpc) is 2.27. The third kappa shape index (κ3) is 1.16. The van der Waals surface area contributed by atoms with E-state index in [1.807, 2.05) is 6.92 Å². The number of aromatic nitrogens is 2. The van der Waals surface area contributed by atoms with E-state index >= 15 is 0 Å². The lowest BCUT2D eigenvalue weighted by Crippen LogP contribution is -2.27. The number of nitrogens with two attached hydrogens (primary N) is 1. The van der Waals surface area contributed by atoms with Gasteiger partial charge in [0.05, 0.1) is 5.69 Å². The van der Waals surface area contributed by atoms with Crippen LogP contribution in [0.2, 0.25) is 0 Å². The zero-order valence-corrected chi connectivity index (χ0v) is 6.72. The van der Waals surface area contributed by atoms with E-state index in [1.165, 1.54) is 11.4 Å². The summed E-state index contributed by atoms with van der Waals surface area (Å²) in [6.45, 7) is 1.99. The number of aryl methyl sites for hydroxylation is 2. The van der Waals surface area contributed by atoms with Gasteiger partial charge in [-0.25, -0.2) is 4.98 Å². The Morgan fingerprint density at radius 2 is 2.45 bits per heavy atom. The molecule has 3 N–H and O–H groups in total. The van der Waals surface area contributed by atoms with Crippen LogP contribution >= 0.6 is 0 Å². The lowest BCUT2D eigenvalue weighted by molar-refractivity contribution is 0.565. The Balaban J connectivity index is 2.34. The van der Waals surface area contributed by atoms with Crippen LogP contribution in [-0.4, -0.2) is 16.0 Å². The zero-order valence-electron chi connectivity index (χ0n) is 6.72. The van der Waals surface area contributed by atoms with Crippen LogP contribution in [0.1, 0.15) is 23.6 Å². The second-order valence-corrected chi connectivity index (χ2v) is 3.25. The van der Waals surface area contributed by atoms with Gasteiger partial charge in [-0.2, -0.15) is 0 Å². The molecule has 1 aromatic rings. The van der Waals surface area contributed by atoms with Crippen molar-refractivity contribution in [1.82, 2.24) is 9.97 Å². The van der Waals surface area contributed by atoms with Gasteiger partial charge in [0.15, 0.2) is 0 Å². The van der Waals surface area contributed by atoms with Crippen molar-refractivity contribution in [2.45, 2.75) is 32.2 Å².